The fourth-order valence-corrected chi connectivity index (χ4v) is 15.8. The number of esters is 2. The van der Waals surface area contributed by atoms with Crippen molar-refractivity contribution in [2.45, 2.75) is 179 Å². The van der Waals surface area contributed by atoms with Crippen LogP contribution in [0, 0.1) is 57.7 Å². The Hall–Kier alpha value is -5.02. The summed E-state index contributed by atoms with van der Waals surface area (Å²) in [5.74, 6) is 4.90. The van der Waals surface area contributed by atoms with Crippen LogP contribution in [0.15, 0.2) is 97.1 Å². The Bertz CT molecular complexity index is 2630. The number of aromatic hydroxyl groups is 1. The molecule has 8 aliphatic carbocycles. The molecular formula is C65H89O8S+. The van der Waals surface area contributed by atoms with Crippen molar-refractivity contribution >= 4 is 54.3 Å². The number of benzene rings is 4. The van der Waals surface area contributed by atoms with Crippen LogP contribution in [0.4, 0.5) is 0 Å². The summed E-state index contributed by atoms with van der Waals surface area (Å²) in [4.78, 5) is 49.2. The molecule has 3 atom stereocenters. The Balaban J connectivity index is 0.000000168. The number of phenolic OH excluding ortho intramolecular Hbond substituents is 1. The molecule has 8 aliphatic rings. The minimum Gasteiger partial charge on any atom is -0.508 e. The van der Waals surface area contributed by atoms with E-state index in [0.29, 0.717) is 53.8 Å². The second-order valence-electron chi connectivity index (χ2n) is 23.9. The largest absolute Gasteiger partial charge is 0.508 e. The Kier molecular flexibility index (Phi) is 18.5. The lowest BCUT2D eigenvalue weighted by Gasteiger charge is -2.60. The maximum atomic E-state index is 12.6. The minimum absolute atomic E-state index is 0. The third kappa shape index (κ3) is 11.7. The summed E-state index contributed by atoms with van der Waals surface area (Å²) < 4.78 is 14.6. The molecule has 4 aromatic carbocycles. The Morgan fingerprint density at radius 2 is 1.14 bits per heavy atom. The highest BCUT2D eigenvalue weighted by Gasteiger charge is 2.60. The lowest BCUT2D eigenvalue weighted by atomic mass is 9.49. The van der Waals surface area contributed by atoms with E-state index >= 15 is 0 Å². The lowest BCUT2D eigenvalue weighted by Crippen LogP contribution is -2.60. The van der Waals surface area contributed by atoms with Crippen LogP contribution in [0.5, 0.6) is 11.5 Å². The summed E-state index contributed by atoms with van der Waals surface area (Å²) >= 11 is 0. The monoisotopic (exact) mass is 1030 g/mol. The average Bonchev–Trinajstić information content (AvgIpc) is 3.71. The van der Waals surface area contributed by atoms with Crippen LogP contribution in [0.25, 0.3) is 25.1 Å². The third-order valence-corrected chi connectivity index (χ3v) is 20.9. The van der Waals surface area contributed by atoms with Crippen molar-refractivity contribution in [1.82, 2.24) is 0 Å². The van der Waals surface area contributed by atoms with Gasteiger partial charge in [-0.05, 0) is 207 Å². The van der Waals surface area contributed by atoms with E-state index in [9.17, 15) is 24.3 Å². The molecule has 74 heavy (non-hydrogen) atoms. The number of carbonyl (C=O) groups excluding carboxylic acids is 3. The molecule has 8 saturated carbocycles. The number of carbonyl (C=O) groups is 4. The molecule has 0 radical (unpaired) electrons. The number of rotatable bonds is 11. The van der Waals surface area contributed by atoms with Crippen LogP contribution in [-0.4, -0.2) is 39.5 Å². The first-order valence-electron chi connectivity index (χ1n) is 27.3. The van der Waals surface area contributed by atoms with Crippen LogP contribution in [0.3, 0.4) is 0 Å². The van der Waals surface area contributed by atoms with E-state index in [1.807, 2.05) is 58.9 Å². The van der Waals surface area contributed by atoms with Gasteiger partial charge in [0.2, 0.25) is 0 Å². The van der Waals surface area contributed by atoms with Gasteiger partial charge in [-0.2, -0.15) is 0 Å². The van der Waals surface area contributed by atoms with Gasteiger partial charge in [0.15, 0.2) is 14.3 Å². The maximum Gasteiger partial charge on any atom is 0.316 e. The highest BCUT2D eigenvalue weighted by atomic mass is 32.2. The summed E-state index contributed by atoms with van der Waals surface area (Å²) in [6.07, 6.45) is 14.4. The maximum absolute atomic E-state index is 12.6. The van der Waals surface area contributed by atoms with Crippen LogP contribution in [0.2, 0.25) is 0 Å². The van der Waals surface area contributed by atoms with Gasteiger partial charge in [-0.1, -0.05) is 85.9 Å². The van der Waals surface area contributed by atoms with Crippen molar-refractivity contribution in [3.63, 3.8) is 0 Å². The molecule has 8 fully saturated rings. The number of hydrogen-bond acceptors (Lipinski definition) is 7. The molecule has 0 amide bonds. The molecule has 0 spiro atoms. The van der Waals surface area contributed by atoms with Gasteiger partial charge >= 0.3 is 17.9 Å². The van der Waals surface area contributed by atoms with Crippen molar-refractivity contribution in [2.24, 2.45) is 57.7 Å². The van der Waals surface area contributed by atoms with E-state index in [1.165, 1.54) is 62.7 Å². The number of carboxylic acid groups (broad SMARTS) is 1. The van der Waals surface area contributed by atoms with Crippen molar-refractivity contribution in [1.29, 1.82) is 0 Å². The number of aliphatic carboxylic acids is 1. The van der Waals surface area contributed by atoms with Gasteiger partial charge < -0.3 is 19.7 Å². The first-order chi connectivity index (χ1) is 34.3. The molecule has 1 heterocycles. The quantitative estimate of drug-likeness (QED) is 0.0761. The summed E-state index contributed by atoms with van der Waals surface area (Å²) in [5, 5.41) is 20.9. The topological polar surface area (TPSA) is 127 Å². The second kappa shape index (κ2) is 23.5. The number of ketones is 1. The summed E-state index contributed by atoms with van der Waals surface area (Å²) in [6.45, 7) is 18.5. The summed E-state index contributed by atoms with van der Waals surface area (Å²) in [5.41, 5.74) is -0.160. The van der Waals surface area contributed by atoms with Gasteiger partial charge in [-0.25, -0.2) is 0 Å². The number of carboxylic acids is 1. The predicted molar refractivity (Wildman–Crippen MR) is 304 cm³/mol. The van der Waals surface area contributed by atoms with E-state index in [2.05, 4.69) is 88.4 Å². The van der Waals surface area contributed by atoms with Crippen LogP contribution in [0.1, 0.15) is 179 Å². The SMILES string of the molecule is C.C.CCC(C)(C)C(=O)OC1(CC)C2CC3CC(C2)CC1C3.CCC(C)(C)C(=O)Oc1ccc(-[s+]2c3ccccc3c3ccccc32)cc1.CCC(C)c1ccc(O)cc1.O=C1C2CC3CC1CC(C(=O)O)(C3)C2. The zero-order chi connectivity index (χ0) is 51.8. The van der Waals surface area contributed by atoms with E-state index in [4.69, 9.17) is 14.6 Å². The molecule has 0 saturated heterocycles. The fourth-order valence-electron chi connectivity index (χ4n) is 13.4. The standard InChI is InChI=1S/C24H23O2S.C18H30O2.C11H14O3.C10H14O.2CH4/c1-4-24(2,3)23(25)26-17-13-15-18(16-14-17)27-21-11-7-5-9-19(21)20-10-6-8-12-22(20)27;1-5-17(3,4)16(19)20-18(6-2)14-8-12-7-13(10-14)11-15(18)9-12;12-9-7-1-6-2-8(9)5-11(3-6,4-7)10(13)14;1-3-8(2)9-4-6-10(11)7-5-9;;/h5-16H,4H2,1-3H3;12-15H,5-11H2,1-4H3;6-8H,1-5H2,(H,13,14);4-8,11H,3H2,1-2H3;2*1H4/q+1;;;;;. The second-order valence-corrected chi connectivity index (χ2v) is 25.8. The zero-order valence-electron chi connectivity index (χ0n) is 44.5. The van der Waals surface area contributed by atoms with Crippen molar-refractivity contribution < 1.29 is 38.9 Å². The average molecular weight is 1030 g/mol. The van der Waals surface area contributed by atoms with E-state index < -0.39 is 16.8 Å². The molecule has 1 aromatic heterocycles. The Labute approximate surface area is 446 Å². The normalized spacial score (nSPS) is 27.2. The smallest absolute Gasteiger partial charge is 0.316 e. The minimum atomic E-state index is -0.663. The number of fused-ring (bicyclic) bond motifs is 3. The highest BCUT2D eigenvalue weighted by molar-refractivity contribution is 7.50. The lowest BCUT2D eigenvalue weighted by molar-refractivity contribution is -0.218. The van der Waals surface area contributed by atoms with Crippen molar-refractivity contribution in [2.75, 3.05) is 0 Å². The Morgan fingerprint density at radius 1 is 0.649 bits per heavy atom. The molecule has 8 nitrogen and oxygen atoms in total. The third-order valence-electron chi connectivity index (χ3n) is 18.5. The first-order valence-corrected chi connectivity index (χ1v) is 28.5. The van der Waals surface area contributed by atoms with Gasteiger partial charge in [0, 0.05) is 45.2 Å². The van der Waals surface area contributed by atoms with Gasteiger partial charge in [-0.15, -0.1) is 0 Å². The molecule has 2 N–H and O–H groups in total. The summed E-state index contributed by atoms with van der Waals surface area (Å²) in [7, 11) is -0.121. The molecule has 402 valence electrons. The van der Waals surface area contributed by atoms with Crippen molar-refractivity contribution in [3.05, 3.63) is 103 Å². The predicted octanol–water partition coefficient (Wildman–Crippen LogP) is 17.3. The van der Waals surface area contributed by atoms with Gasteiger partial charge in [0.1, 0.15) is 22.9 Å². The number of phenols is 1. The zero-order valence-corrected chi connectivity index (χ0v) is 45.3. The van der Waals surface area contributed by atoms with Gasteiger partial charge in [0.25, 0.3) is 0 Å². The van der Waals surface area contributed by atoms with Gasteiger partial charge in [-0.3, -0.25) is 19.2 Å². The van der Waals surface area contributed by atoms with Crippen LogP contribution < -0.4 is 4.74 Å². The summed E-state index contributed by atoms with van der Waals surface area (Å²) in [6, 6.07) is 32.7. The van der Waals surface area contributed by atoms with E-state index in [0.717, 1.165) is 56.8 Å². The van der Waals surface area contributed by atoms with E-state index in [1.54, 1.807) is 12.1 Å². The first kappa shape index (κ1) is 58.2. The number of Topliss-reactive ketones (excluding diaryl/α,β-unsaturated/α-hetero) is 1. The fraction of sp³-hybridized carbons (Fsp3) is 0.569. The molecule has 5 aromatic rings. The molecule has 8 bridgehead atoms. The molecule has 0 aliphatic heterocycles. The highest BCUT2D eigenvalue weighted by Crippen LogP contribution is 2.61. The van der Waals surface area contributed by atoms with Crippen LogP contribution >= 0.6 is 10.5 Å². The molecule has 9 heteroatoms. The number of ether oxygens (including phenoxy) is 2. The Morgan fingerprint density at radius 3 is 1.59 bits per heavy atom. The van der Waals surface area contributed by atoms with Gasteiger partial charge in [0.05, 0.1) is 16.2 Å². The molecule has 3 unspecified atom stereocenters. The molecular weight excluding hydrogens is 941 g/mol. The van der Waals surface area contributed by atoms with Crippen LogP contribution in [-0.2, 0) is 23.9 Å². The molecule has 13 rings (SSSR count). The number of thiophene rings is 1. The number of hydrogen-bond donors (Lipinski definition) is 2. The van der Waals surface area contributed by atoms with E-state index in [-0.39, 0.29) is 60.1 Å². The van der Waals surface area contributed by atoms with Crippen molar-refractivity contribution in [3.8, 4) is 16.4 Å².